The van der Waals surface area contributed by atoms with Gasteiger partial charge in [-0.05, 0) is 23.8 Å². The van der Waals surface area contributed by atoms with Crippen LogP contribution in [0.4, 0.5) is 5.69 Å². The van der Waals surface area contributed by atoms with E-state index in [2.05, 4.69) is 5.32 Å². The topological polar surface area (TPSA) is 94.2 Å². The summed E-state index contributed by atoms with van der Waals surface area (Å²) in [4.78, 5) is 38.6. The van der Waals surface area contributed by atoms with Crippen molar-refractivity contribution in [2.75, 3.05) is 32.5 Å². The number of rotatable bonds is 6. The lowest BCUT2D eigenvalue weighted by Gasteiger charge is -2.31. The number of hydrogen-bond acceptors (Lipinski definition) is 7. The lowest BCUT2D eigenvalue weighted by atomic mass is 10.1. The third-order valence-corrected chi connectivity index (χ3v) is 4.55. The number of ether oxygens (including phenoxy) is 3. The number of benzene rings is 2. The average molecular weight is 410 g/mol. The quantitative estimate of drug-likeness (QED) is 0.728. The van der Waals surface area contributed by atoms with Gasteiger partial charge in [0.05, 0.1) is 26.4 Å². The van der Waals surface area contributed by atoms with Gasteiger partial charge in [0.1, 0.15) is 12.4 Å². The van der Waals surface area contributed by atoms with Crippen molar-refractivity contribution in [3.8, 4) is 0 Å². The van der Waals surface area contributed by atoms with Crippen molar-refractivity contribution >= 4 is 23.5 Å². The van der Waals surface area contributed by atoms with Crippen LogP contribution in [-0.4, -0.2) is 45.4 Å². The fourth-order valence-corrected chi connectivity index (χ4v) is 3.04. The van der Waals surface area contributed by atoms with Gasteiger partial charge in [-0.2, -0.15) is 0 Å². The number of nitrogens with one attached hydrogen (secondary N) is 1. The van der Waals surface area contributed by atoms with E-state index >= 15 is 0 Å². The molecule has 2 aromatic rings. The summed E-state index contributed by atoms with van der Waals surface area (Å²) in [6, 6.07) is 16.2. The molecular weight excluding hydrogens is 388 g/mol. The molecule has 0 atom stereocenters. The summed E-state index contributed by atoms with van der Waals surface area (Å²) in [6.45, 7) is 0.321. The Morgan fingerprint density at radius 2 is 1.73 bits per heavy atom. The van der Waals surface area contributed by atoms with E-state index in [1.807, 2.05) is 30.3 Å². The minimum absolute atomic E-state index is 0.0139. The molecule has 8 heteroatoms. The molecule has 1 N–H and O–H groups in total. The van der Waals surface area contributed by atoms with Crippen molar-refractivity contribution < 1.29 is 28.6 Å². The lowest BCUT2D eigenvalue weighted by Crippen LogP contribution is -2.39. The summed E-state index contributed by atoms with van der Waals surface area (Å²) in [5.74, 6) is -1.65. The summed E-state index contributed by atoms with van der Waals surface area (Å²) < 4.78 is 15.1. The van der Waals surface area contributed by atoms with E-state index in [0.717, 1.165) is 5.56 Å². The normalized spacial score (nSPS) is 13.6. The van der Waals surface area contributed by atoms with Crippen molar-refractivity contribution in [3.63, 3.8) is 0 Å². The fraction of sp³-hybridized carbons (Fsp3) is 0.227. The zero-order valence-corrected chi connectivity index (χ0v) is 16.7. The molecule has 1 aliphatic rings. The van der Waals surface area contributed by atoms with Crippen LogP contribution in [0.5, 0.6) is 0 Å². The molecule has 8 nitrogen and oxygen atoms in total. The van der Waals surface area contributed by atoms with E-state index in [1.165, 1.54) is 19.1 Å². The second-order valence-corrected chi connectivity index (χ2v) is 6.43. The van der Waals surface area contributed by atoms with Crippen LogP contribution in [0.1, 0.15) is 15.9 Å². The molecule has 30 heavy (non-hydrogen) atoms. The molecule has 0 bridgehead atoms. The van der Waals surface area contributed by atoms with E-state index in [4.69, 9.17) is 14.2 Å². The molecule has 1 aliphatic heterocycles. The Hall–Kier alpha value is -3.65. The summed E-state index contributed by atoms with van der Waals surface area (Å²) in [7, 11) is 2.45. The Kier molecular flexibility index (Phi) is 6.82. The predicted octanol–water partition coefficient (Wildman–Crippen LogP) is 2.01. The molecule has 0 aliphatic carbocycles. The van der Waals surface area contributed by atoms with E-state index in [1.54, 1.807) is 24.3 Å². The molecule has 0 aromatic heterocycles. The third-order valence-electron chi connectivity index (χ3n) is 4.55. The van der Waals surface area contributed by atoms with Crippen LogP contribution < -0.4 is 10.2 Å². The van der Waals surface area contributed by atoms with Gasteiger partial charge in [0.2, 0.25) is 0 Å². The molecule has 0 unspecified atom stereocenters. The molecule has 0 spiro atoms. The number of hydrogen-bond donors (Lipinski definition) is 1. The van der Waals surface area contributed by atoms with Crippen molar-refractivity contribution in [2.24, 2.45) is 0 Å². The van der Waals surface area contributed by atoms with Gasteiger partial charge < -0.3 is 24.4 Å². The second kappa shape index (κ2) is 9.71. The highest BCUT2D eigenvalue weighted by Crippen LogP contribution is 2.27. The molecule has 1 heterocycles. The Bertz CT molecular complexity index is 971. The molecule has 0 saturated heterocycles. The van der Waals surface area contributed by atoms with E-state index in [-0.39, 0.29) is 30.5 Å². The molecule has 156 valence electrons. The maximum Gasteiger partial charge on any atom is 0.355 e. The van der Waals surface area contributed by atoms with Crippen LogP contribution in [-0.2, 0) is 30.3 Å². The summed E-state index contributed by atoms with van der Waals surface area (Å²) in [5.41, 5.74) is 1.96. The van der Waals surface area contributed by atoms with Crippen LogP contribution in [0.2, 0.25) is 0 Å². The first-order valence-corrected chi connectivity index (χ1v) is 9.22. The number of carbonyl (C=O) groups excluding carboxylic acids is 3. The predicted molar refractivity (Wildman–Crippen MR) is 108 cm³/mol. The van der Waals surface area contributed by atoms with Crippen LogP contribution in [0, 0.1) is 0 Å². The number of anilines is 1. The SMILES string of the molecule is COC(=O)C1=C(C(=O)OC)N(c2cccc(C(=O)NCc3ccccc3)c2)COC1. The fourth-order valence-electron chi connectivity index (χ4n) is 3.04. The standard InChI is InChI=1S/C22H22N2O6/c1-28-21(26)18-13-30-14-24(19(18)22(27)29-2)17-10-6-9-16(11-17)20(25)23-12-15-7-4-3-5-8-15/h3-11H,12-14H2,1-2H3,(H,23,25). The van der Waals surface area contributed by atoms with Crippen molar-refractivity contribution in [1.29, 1.82) is 0 Å². The maximum atomic E-state index is 12.6. The van der Waals surface area contributed by atoms with Crippen LogP contribution in [0.15, 0.2) is 65.9 Å². The van der Waals surface area contributed by atoms with Crippen molar-refractivity contribution in [1.82, 2.24) is 5.32 Å². The third kappa shape index (κ3) is 4.66. The van der Waals surface area contributed by atoms with Crippen LogP contribution >= 0.6 is 0 Å². The first kappa shape index (κ1) is 21.1. The van der Waals surface area contributed by atoms with Gasteiger partial charge in [-0.25, -0.2) is 9.59 Å². The Morgan fingerprint density at radius 3 is 2.43 bits per heavy atom. The van der Waals surface area contributed by atoms with Gasteiger partial charge in [0, 0.05) is 17.8 Å². The summed E-state index contributed by atoms with van der Waals surface area (Å²) >= 11 is 0. The largest absolute Gasteiger partial charge is 0.466 e. The van der Waals surface area contributed by atoms with Gasteiger partial charge in [-0.15, -0.1) is 0 Å². The zero-order valence-electron chi connectivity index (χ0n) is 16.7. The average Bonchev–Trinajstić information content (AvgIpc) is 2.81. The lowest BCUT2D eigenvalue weighted by molar-refractivity contribution is -0.140. The minimum atomic E-state index is -0.697. The number of nitrogens with zero attached hydrogens (tertiary/aromatic N) is 1. The zero-order chi connectivity index (χ0) is 21.5. The van der Waals surface area contributed by atoms with Crippen LogP contribution in [0.25, 0.3) is 0 Å². The highest BCUT2D eigenvalue weighted by molar-refractivity contribution is 6.03. The molecular formula is C22H22N2O6. The Morgan fingerprint density at radius 1 is 1.00 bits per heavy atom. The number of methoxy groups -OCH3 is 2. The van der Waals surface area contributed by atoms with Gasteiger partial charge in [-0.3, -0.25) is 4.79 Å². The Labute approximate surface area is 174 Å². The molecule has 0 radical (unpaired) electrons. The summed E-state index contributed by atoms with van der Waals surface area (Å²) in [6.07, 6.45) is 0. The molecule has 0 saturated carbocycles. The van der Waals surface area contributed by atoms with E-state index < -0.39 is 11.9 Å². The van der Waals surface area contributed by atoms with Gasteiger partial charge in [0.25, 0.3) is 5.91 Å². The van der Waals surface area contributed by atoms with Crippen molar-refractivity contribution in [2.45, 2.75) is 6.54 Å². The van der Waals surface area contributed by atoms with E-state index in [9.17, 15) is 14.4 Å². The number of amides is 1. The van der Waals surface area contributed by atoms with Gasteiger partial charge in [-0.1, -0.05) is 36.4 Å². The minimum Gasteiger partial charge on any atom is -0.466 e. The number of carbonyl (C=O) groups is 3. The van der Waals surface area contributed by atoms with E-state index in [0.29, 0.717) is 17.8 Å². The molecule has 1 amide bonds. The highest BCUT2D eigenvalue weighted by atomic mass is 16.5. The smallest absolute Gasteiger partial charge is 0.355 e. The number of esters is 2. The molecule has 2 aromatic carbocycles. The van der Waals surface area contributed by atoms with Gasteiger partial charge >= 0.3 is 11.9 Å². The highest BCUT2D eigenvalue weighted by Gasteiger charge is 2.32. The maximum absolute atomic E-state index is 12.6. The van der Waals surface area contributed by atoms with Crippen LogP contribution in [0.3, 0.4) is 0 Å². The molecule has 0 fully saturated rings. The van der Waals surface area contributed by atoms with Gasteiger partial charge in [0.15, 0.2) is 0 Å². The molecule has 3 rings (SSSR count). The Balaban J connectivity index is 1.87. The summed E-state index contributed by atoms with van der Waals surface area (Å²) in [5, 5.41) is 2.86. The monoisotopic (exact) mass is 410 g/mol. The second-order valence-electron chi connectivity index (χ2n) is 6.43. The van der Waals surface area contributed by atoms with Crippen molar-refractivity contribution in [3.05, 3.63) is 77.0 Å². The first-order chi connectivity index (χ1) is 14.5. The first-order valence-electron chi connectivity index (χ1n) is 9.22.